The average Bonchev–Trinajstić information content (AvgIpc) is 3.44. The van der Waals surface area contributed by atoms with Crippen LogP contribution in [-0.4, -0.2) is 65.7 Å². The summed E-state index contributed by atoms with van der Waals surface area (Å²) >= 11 is 0. The molecule has 0 spiro atoms. The van der Waals surface area contributed by atoms with Crippen molar-refractivity contribution < 1.29 is 28.7 Å². The molecular weight excluding hydrogens is 610 g/mol. The van der Waals surface area contributed by atoms with Gasteiger partial charge in [-0.25, -0.2) is 4.79 Å². The van der Waals surface area contributed by atoms with E-state index in [9.17, 15) is 24.0 Å². The number of carbonyl (C=O) groups is 5. The number of piperidine rings is 1. The minimum absolute atomic E-state index is 0.0439. The predicted octanol–water partition coefficient (Wildman–Crippen LogP) is 3.24. The number of rotatable bonds is 13. The Morgan fingerprint density at radius 2 is 1.69 bits per heavy atom. The number of hydrogen-bond acceptors (Lipinski definition) is 7. The topological polar surface area (TPSA) is 158 Å². The third kappa shape index (κ3) is 7.03. The number of fused-ring (bicyclic) bond motifs is 2. The molecule has 1 saturated heterocycles. The van der Waals surface area contributed by atoms with Crippen LogP contribution >= 0.6 is 0 Å². The van der Waals surface area contributed by atoms with Gasteiger partial charge in [-0.3, -0.25) is 19.2 Å². The molecule has 250 valence electrons. The molecule has 2 fully saturated rings. The summed E-state index contributed by atoms with van der Waals surface area (Å²) in [5, 5.41) is 17.1. The highest BCUT2D eigenvalue weighted by molar-refractivity contribution is 6.38. The van der Waals surface area contributed by atoms with Crippen LogP contribution in [0.3, 0.4) is 0 Å². The molecule has 2 aliphatic carbocycles. The van der Waals surface area contributed by atoms with Crippen molar-refractivity contribution in [1.82, 2.24) is 20.9 Å². The average molecular weight is 652 g/mol. The van der Waals surface area contributed by atoms with Crippen molar-refractivity contribution in [1.29, 1.82) is 5.26 Å². The quantitative estimate of drug-likeness (QED) is 0.222. The zero-order chi connectivity index (χ0) is 34.6. The van der Waals surface area contributed by atoms with E-state index in [0.29, 0.717) is 31.4 Å². The molecule has 11 nitrogen and oxygen atoms in total. The molecule has 3 aliphatic rings. The number of ether oxygens (including phenoxy) is 1. The predicted molar refractivity (Wildman–Crippen MR) is 177 cm³/mol. The first-order valence-electron chi connectivity index (χ1n) is 16.2. The van der Waals surface area contributed by atoms with E-state index in [-0.39, 0.29) is 41.9 Å². The number of allylic oxidation sites excluding steroid dienone is 1. The normalized spacial score (nSPS) is 21.4. The van der Waals surface area contributed by atoms with E-state index < -0.39 is 47.7 Å². The first-order chi connectivity index (χ1) is 23.0. The molecule has 1 saturated carbocycles. The molecule has 2 aromatic carbocycles. The zero-order valence-electron chi connectivity index (χ0n) is 27.2. The third-order valence-electron chi connectivity index (χ3n) is 9.97. The summed E-state index contributed by atoms with van der Waals surface area (Å²) in [5.41, 5.74) is 2.35. The SMILES string of the molecule is C=CCCC(NC(=O)[C@@H]1[C@H]2[C@@H](CN1C(=O)[C@@H](NC(=O)Oc1ccc(C#N)cc1)C1Cc3ccccc3C1)C2(C)C)C(=O)C(=O)NCC=C. The second-order valence-electron chi connectivity index (χ2n) is 13.3. The summed E-state index contributed by atoms with van der Waals surface area (Å²) in [6.07, 6.45) is 3.86. The number of ketones is 1. The number of nitriles is 1. The molecular formula is C37H41N5O6. The van der Waals surface area contributed by atoms with Gasteiger partial charge in [0.05, 0.1) is 17.7 Å². The fourth-order valence-electron chi connectivity index (χ4n) is 7.28. The summed E-state index contributed by atoms with van der Waals surface area (Å²) in [4.78, 5) is 69.0. The summed E-state index contributed by atoms with van der Waals surface area (Å²) in [6, 6.07) is 12.9. The van der Waals surface area contributed by atoms with Gasteiger partial charge in [0.25, 0.3) is 5.91 Å². The van der Waals surface area contributed by atoms with Crippen LogP contribution in [0.4, 0.5) is 4.79 Å². The molecule has 1 heterocycles. The van der Waals surface area contributed by atoms with Crippen molar-refractivity contribution in [2.24, 2.45) is 23.2 Å². The van der Waals surface area contributed by atoms with Gasteiger partial charge in [0.2, 0.25) is 17.6 Å². The molecule has 48 heavy (non-hydrogen) atoms. The van der Waals surface area contributed by atoms with Crippen LogP contribution in [-0.2, 0) is 32.0 Å². The number of nitrogens with one attached hydrogen (secondary N) is 3. The van der Waals surface area contributed by atoms with Gasteiger partial charge in [0.1, 0.15) is 17.8 Å². The van der Waals surface area contributed by atoms with Gasteiger partial charge < -0.3 is 25.6 Å². The fourth-order valence-corrected chi connectivity index (χ4v) is 7.28. The summed E-state index contributed by atoms with van der Waals surface area (Å²) in [6.45, 7) is 11.7. The van der Waals surface area contributed by atoms with Gasteiger partial charge in [-0.15, -0.1) is 13.2 Å². The minimum Gasteiger partial charge on any atom is -0.410 e. The first kappa shape index (κ1) is 34.1. The highest BCUT2D eigenvalue weighted by atomic mass is 16.6. The Kier molecular flexibility index (Phi) is 10.1. The van der Waals surface area contributed by atoms with Crippen molar-refractivity contribution in [3.8, 4) is 11.8 Å². The number of benzene rings is 2. The van der Waals surface area contributed by atoms with E-state index in [1.807, 2.05) is 44.2 Å². The highest BCUT2D eigenvalue weighted by Gasteiger charge is 2.69. The summed E-state index contributed by atoms with van der Waals surface area (Å²) in [5.74, 6) is -2.77. The van der Waals surface area contributed by atoms with Gasteiger partial charge in [-0.2, -0.15) is 5.26 Å². The van der Waals surface area contributed by atoms with E-state index in [2.05, 4.69) is 29.1 Å². The minimum atomic E-state index is -1.11. The number of carbonyl (C=O) groups excluding carboxylic acids is 5. The number of nitrogens with zero attached hydrogens (tertiary/aromatic N) is 2. The lowest BCUT2D eigenvalue weighted by Gasteiger charge is -2.35. The van der Waals surface area contributed by atoms with Crippen LogP contribution in [0.25, 0.3) is 0 Å². The van der Waals surface area contributed by atoms with Crippen molar-refractivity contribution in [3.05, 3.63) is 90.5 Å². The van der Waals surface area contributed by atoms with E-state index in [4.69, 9.17) is 10.00 Å². The molecule has 0 aromatic heterocycles. The van der Waals surface area contributed by atoms with Gasteiger partial charge in [-0.05, 0) is 84.2 Å². The number of Topliss-reactive ketones (excluding diaryl/α,β-unsaturated/α-hetero) is 1. The highest BCUT2D eigenvalue weighted by Crippen LogP contribution is 2.65. The maximum Gasteiger partial charge on any atom is 0.413 e. The van der Waals surface area contributed by atoms with Crippen LogP contribution in [0.5, 0.6) is 5.75 Å². The lowest BCUT2D eigenvalue weighted by atomic mass is 9.93. The Labute approximate surface area is 280 Å². The standard InChI is InChI=1S/C37H41N5O6/c1-5-7-12-28(32(43)34(45)39-17-6-2)40-33(44)31-29-27(37(29,3)4)21-42(31)35(46)30(25-18-23-10-8-9-11-24(23)19-25)41-36(47)48-26-15-13-22(20-38)14-16-26/h5-6,8-11,13-16,25,27-31H,1-2,7,12,17-19,21H2,3-4H3,(H,39,45)(H,40,44)(H,41,47)/t27-,28?,29-,30+,31+/m1/s1. The van der Waals surface area contributed by atoms with E-state index in [1.54, 1.807) is 6.08 Å². The Morgan fingerprint density at radius 1 is 1.02 bits per heavy atom. The lowest BCUT2D eigenvalue weighted by Crippen LogP contribution is -2.59. The molecule has 1 aliphatic heterocycles. The maximum atomic E-state index is 14.6. The summed E-state index contributed by atoms with van der Waals surface area (Å²) < 4.78 is 5.50. The second kappa shape index (κ2) is 14.3. The van der Waals surface area contributed by atoms with E-state index in [0.717, 1.165) is 11.1 Å². The Bertz CT molecular complexity index is 1640. The molecule has 2 aromatic rings. The number of hydrogen-bond donors (Lipinski definition) is 3. The first-order valence-corrected chi connectivity index (χ1v) is 16.2. The Hall–Kier alpha value is -5.24. The summed E-state index contributed by atoms with van der Waals surface area (Å²) in [7, 11) is 0. The van der Waals surface area contributed by atoms with Crippen LogP contribution in [0, 0.1) is 34.5 Å². The van der Waals surface area contributed by atoms with Crippen LogP contribution in [0.15, 0.2) is 73.8 Å². The molecule has 4 amide bonds. The van der Waals surface area contributed by atoms with Gasteiger partial charge >= 0.3 is 6.09 Å². The second-order valence-corrected chi connectivity index (χ2v) is 13.3. The fraction of sp³-hybridized carbons (Fsp3) is 0.405. The van der Waals surface area contributed by atoms with Gasteiger partial charge in [0, 0.05) is 13.1 Å². The molecule has 3 N–H and O–H groups in total. The molecule has 5 atom stereocenters. The molecule has 0 radical (unpaired) electrons. The zero-order valence-corrected chi connectivity index (χ0v) is 27.2. The smallest absolute Gasteiger partial charge is 0.410 e. The van der Waals surface area contributed by atoms with Crippen LogP contribution < -0.4 is 20.7 Å². The molecule has 11 heteroatoms. The maximum absolute atomic E-state index is 14.6. The van der Waals surface area contributed by atoms with Gasteiger partial charge in [0.15, 0.2) is 0 Å². The monoisotopic (exact) mass is 651 g/mol. The lowest BCUT2D eigenvalue weighted by molar-refractivity contribution is -0.144. The molecule has 0 bridgehead atoms. The number of likely N-dealkylation sites (tertiary alicyclic amines) is 1. The Morgan fingerprint density at radius 3 is 2.29 bits per heavy atom. The van der Waals surface area contributed by atoms with Crippen LogP contribution in [0.1, 0.15) is 43.4 Å². The molecule has 1 unspecified atom stereocenters. The van der Waals surface area contributed by atoms with Crippen molar-refractivity contribution in [3.63, 3.8) is 0 Å². The number of amides is 4. The van der Waals surface area contributed by atoms with E-state index in [1.165, 1.54) is 35.2 Å². The van der Waals surface area contributed by atoms with Crippen molar-refractivity contribution >= 4 is 29.6 Å². The third-order valence-corrected chi connectivity index (χ3v) is 9.97. The Balaban J connectivity index is 1.39. The van der Waals surface area contributed by atoms with Crippen molar-refractivity contribution in [2.45, 2.75) is 57.7 Å². The van der Waals surface area contributed by atoms with Gasteiger partial charge in [-0.1, -0.05) is 50.3 Å². The largest absolute Gasteiger partial charge is 0.413 e. The van der Waals surface area contributed by atoms with E-state index >= 15 is 0 Å². The molecule has 5 rings (SSSR count). The van der Waals surface area contributed by atoms with Crippen molar-refractivity contribution in [2.75, 3.05) is 13.1 Å². The van der Waals surface area contributed by atoms with Crippen LogP contribution in [0.2, 0.25) is 0 Å².